The molecule has 0 aliphatic carbocycles. The standard InChI is InChI=1S/C25H26ClNO4S/c1-4-31-25(28)16-23(27-32(29)21-11-8-17(2)9-12-21)19-10-13-24(30-3)22(15-19)18-6-5-7-20(26)14-18/h5-15,23,27H,4,16H2,1-3H3/t23-,32+/m0/s1. The lowest BCUT2D eigenvalue weighted by molar-refractivity contribution is -0.143. The van der Waals surface area contributed by atoms with Crippen LogP contribution >= 0.6 is 11.6 Å². The Bertz CT molecular complexity index is 1060. The molecule has 0 bridgehead atoms. The molecule has 7 heteroatoms. The van der Waals surface area contributed by atoms with Gasteiger partial charge in [0.2, 0.25) is 0 Å². The molecule has 0 aliphatic heterocycles. The van der Waals surface area contributed by atoms with Gasteiger partial charge in [0, 0.05) is 10.6 Å². The highest BCUT2D eigenvalue weighted by Gasteiger charge is 2.25. The lowest BCUT2D eigenvalue weighted by Crippen LogP contribution is -2.30. The molecule has 0 fully saturated rings. The normalized spacial score (nSPS) is 12.8. The maximum atomic E-state index is 13.0. The average molecular weight is 472 g/mol. The Morgan fingerprint density at radius 3 is 2.53 bits per heavy atom. The lowest BCUT2D eigenvalue weighted by atomic mass is 9.97. The first kappa shape index (κ1) is 24.1. The summed E-state index contributed by atoms with van der Waals surface area (Å²) in [5.41, 5.74) is 3.57. The predicted octanol–water partition coefficient (Wildman–Crippen LogP) is 5.63. The second-order valence-electron chi connectivity index (χ2n) is 7.23. The topological polar surface area (TPSA) is 70.6 Å². The number of methoxy groups -OCH3 is 1. The largest absolute Gasteiger partial charge is 0.593 e. The van der Waals surface area contributed by atoms with Gasteiger partial charge in [-0.15, -0.1) is 4.72 Å². The third kappa shape index (κ3) is 6.26. The van der Waals surface area contributed by atoms with Gasteiger partial charge in [0.05, 0.1) is 37.5 Å². The molecule has 0 aliphatic rings. The van der Waals surface area contributed by atoms with Crippen LogP contribution in [-0.2, 0) is 20.9 Å². The molecule has 0 spiro atoms. The fourth-order valence-electron chi connectivity index (χ4n) is 3.30. The van der Waals surface area contributed by atoms with Crippen molar-refractivity contribution < 1.29 is 18.8 Å². The number of hydrogen-bond donors (Lipinski definition) is 1. The van der Waals surface area contributed by atoms with E-state index in [2.05, 4.69) is 4.72 Å². The van der Waals surface area contributed by atoms with Crippen molar-refractivity contribution in [2.45, 2.75) is 31.2 Å². The van der Waals surface area contributed by atoms with Crippen molar-refractivity contribution in [3.8, 4) is 16.9 Å². The summed E-state index contributed by atoms with van der Waals surface area (Å²) in [5.74, 6) is 0.302. The van der Waals surface area contributed by atoms with Crippen LogP contribution in [0.3, 0.4) is 0 Å². The summed E-state index contributed by atoms with van der Waals surface area (Å²) in [5, 5.41) is 0.608. The van der Waals surface area contributed by atoms with Crippen LogP contribution in [-0.4, -0.2) is 24.2 Å². The van der Waals surface area contributed by atoms with Crippen molar-refractivity contribution in [2.75, 3.05) is 13.7 Å². The van der Waals surface area contributed by atoms with Gasteiger partial charge in [-0.2, -0.15) is 0 Å². The van der Waals surface area contributed by atoms with E-state index in [-0.39, 0.29) is 19.0 Å². The Kier molecular flexibility index (Phi) is 8.59. The van der Waals surface area contributed by atoms with E-state index in [0.29, 0.717) is 15.7 Å². The summed E-state index contributed by atoms with van der Waals surface area (Å²) in [4.78, 5) is 12.9. The zero-order valence-electron chi connectivity index (χ0n) is 18.3. The highest BCUT2D eigenvalue weighted by Crippen LogP contribution is 2.35. The Morgan fingerprint density at radius 1 is 1.12 bits per heavy atom. The molecule has 0 unspecified atom stereocenters. The summed E-state index contributed by atoms with van der Waals surface area (Å²) < 4.78 is 26.8. The number of esters is 1. The van der Waals surface area contributed by atoms with Gasteiger partial charge in [-0.05, 0) is 61.4 Å². The monoisotopic (exact) mass is 471 g/mol. The molecule has 3 rings (SSSR count). The molecule has 3 aromatic carbocycles. The minimum atomic E-state index is -1.51. The Labute approximate surface area is 197 Å². The van der Waals surface area contributed by atoms with E-state index in [4.69, 9.17) is 21.1 Å². The van der Waals surface area contributed by atoms with Crippen molar-refractivity contribution in [2.24, 2.45) is 0 Å². The molecule has 0 saturated carbocycles. The van der Waals surface area contributed by atoms with Crippen molar-refractivity contribution in [3.05, 3.63) is 82.9 Å². The second-order valence-corrected chi connectivity index (χ2v) is 8.91. The molecule has 1 N–H and O–H groups in total. The molecule has 0 radical (unpaired) electrons. The average Bonchev–Trinajstić information content (AvgIpc) is 2.78. The molecule has 5 nitrogen and oxygen atoms in total. The van der Waals surface area contributed by atoms with Gasteiger partial charge in [0.25, 0.3) is 0 Å². The summed E-state index contributed by atoms with van der Waals surface area (Å²) in [6.45, 7) is 4.01. The molecule has 0 heterocycles. The van der Waals surface area contributed by atoms with Gasteiger partial charge in [-0.25, -0.2) is 0 Å². The summed E-state index contributed by atoms with van der Waals surface area (Å²) in [6, 6.07) is 20.0. The quantitative estimate of drug-likeness (QED) is 0.323. The van der Waals surface area contributed by atoms with E-state index < -0.39 is 17.4 Å². The molecule has 168 valence electrons. The van der Waals surface area contributed by atoms with Crippen LogP contribution < -0.4 is 9.46 Å². The van der Waals surface area contributed by atoms with Crippen molar-refractivity contribution in [3.63, 3.8) is 0 Å². The number of ether oxygens (including phenoxy) is 2. The molecule has 32 heavy (non-hydrogen) atoms. The van der Waals surface area contributed by atoms with Gasteiger partial charge in [-0.1, -0.05) is 47.5 Å². The van der Waals surface area contributed by atoms with E-state index >= 15 is 0 Å². The maximum absolute atomic E-state index is 13.0. The zero-order valence-corrected chi connectivity index (χ0v) is 19.8. The SMILES string of the molecule is CCOC(=O)C[C@H](N[S@+]([O-])c1ccc(C)cc1)c1ccc(OC)c(-c2cccc(Cl)c2)c1. The zero-order chi connectivity index (χ0) is 23.1. The number of carbonyl (C=O) groups excluding carboxylic acids is 1. The minimum Gasteiger partial charge on any atom is -0.593 e. The fraction of sp³-hybridized carbons (Fsp3) is 0.240. The fourth-order valence-corrected chi connectivity index (χ4v) is 4.48. The smallest absolute Gasteiger partial charge is 0.307 e. The van der Waals surface area contributed by atoms with Crippen LogP contribution in [0.4, 0.5) is 0 Å². The van der Waals surface area contributed by atoms with Crippen LogP contribution in [0.25, 0.3) is 11.1 Å². The Hall–Kier alpha value is -2.51. The number of aryl methyl sites for hydroxylation is 1. The molecular formula is C25H26ClNO4S. The van der Waals surface area contributed by atoms with Gasteiger partial charge < -0.3 is 14.0 Å². The first-order valence-electron chi connectivity index (χ1n) is 10.3. The van der Waals surface area contributed by atoms with Crippen LogP contribution in [0.1, 0.15) is 30.5 Å². The van der Waals surface area contributed by atoms with E-state index in [1.54, 1.807) is 20.1 Å². The third-order valence-corrected chi connectivity index (χ3v) is 6.36. The van der Waals surface area contributed by atoms with E-state index in [9.17, 15) is 9.35 Å². The molecule has 3 aromatic rings. The molecule has 0 amide bonds. The summed E-state index contributed by atoms with van der Waals surface area (Å²) in [7, 11) is 1.60. The Morgan fingerprint density at radius 2 is 1.88 bits per heavy atom. The highest BCUT2D eigenvalue weighted by molar-refractivity contribution is 7.89. The Balaban J connectivity index is 1.97. The number of halogens is 1. The summed E-state index contributed by atoms with van der Waals surface area (Å²) in [6.07, 6.45) is 0.0345. The van der Waals surface area contributed by atoms with E-state index in [0.717, 1.165) is 22.3 Å². The molecular weight excluding hydrogens is 446 g/mol. The van der Waals surface area contributed by atoms with Crippen LogP contribution in [0, 0.1) is 6.92 Å². The van der Waals surface area contributed by atoms with Crippen molar-refractivity contribution in [1.82, 2.24) is 4.72 Å². The number of nitrogens with one attached hydrogen (secondary N) is 1. The van der Waals surface area contributed by atoms with E-state index in [1.807, 2.05) is 67.6 Å². The van der Waals surface area contributed by atoms with Gasteiger partial charge >= 0.3 is 5.97 Å². The first-order chi connectivity index (χ1) is 15.4. The number of benzene rings is 3. The maximum Gasteiger partial charge on any atom is 0.307 e. The molecule has 0 aromatic heterocycles. The second kappa shape index (κ2) is 11.4. The van der Waals surface area contributed by atoms with Crippen LogP contribution in [0.5, 0.6) is 5.75 Å². The van der Waals surface area contributed by atoms with E-state index in [1.165, 1.54) is 0 Å². The highest BCUT2D eigenvalue weighted by atomic mass is 35.5. The molecule has 0 saturated heterocycles. The van der Waals surface area contributed by atoms with Crippen LogP contribution in [0.15, 0.2) is 71.6 Å². The molecule has 2 atom stereocenters. The number of hydrogen-bond acceptors (Lipinski definition) is 5. The lowest BCUT2D eigenvalue weighted by Gasteiger charge is -2.21. The van der Waals surface area contributed by atoms with Gasteiger partial charge in [0.15, 0.2) is 4.90 Å². The van der Waals surface area contributed by atoms with Crippen molar-refractivity contribution in [1.29, 1.82) is 0 Å². The first-order valence-corrected chi connectivity index (χ1v) is 11.8. The third-order valence-electron chi connectivity index (χ3n) is 4.92. The van der Waals surface area contributed by atoms with Gasteiger partial charge in [0.1, 0.15) is 5.75 Å². The van der Waals surface area contributed by atoms with Crippen LogP contribution in [0.2, 0.25) is 5.02 Å². The van der Waals surface area contributed by atoms with Gasteiger partial charge in [-0.3, -0.25) is 4.79 Å². The summed E-state index contributed by atoms with van der Waals surface area (Å²) >= 11 is 4.67. The minimum absolute atomic E-state index is 0.0345. The number of rotatable bonds is 9. The predicted molar refractivity (Wildman–Crippen MR) is 128 cm³/mol. The number of carbonyl (C=O) groups is 1. The van der Waals surface area contributed by atoms with Crippen molar-refractivity contribution >= 4 is 28.9 Å².